The fourth-order valence-corrected chi connectivity index (χ4v) is 3.42. The molecule has 0 amide bonds. The van der Waals surface area contributed by atoms with E-state index in [0.717, 1.165) is 28.8 Å². The van der Waals surface area contributed by atoms with E-state index in [1.54, 1.807) is 25.5 Å². The molecule has 0 spiro atoms. The molecule has 3 aromatic heterocycles. The SMILES string of the molecule is CCCn1cc(-c2cnc(N)c(-c3nnnn3-c3ccc(OCCCNC)c(F)c3F)c2)cn1. The number of nitrogens with two attached hydrogens (primary N) is 1. The van der Waals surface area contributed by atoms with Gasteiger partial charge in [-0.25, -0.2) is 9.37 Å². The Bertz CT molecular complexity index is 1270. The topological polar surface area (TPSA) is 122 Å². The highest BCUT2D eigenvalue weighted by molar-refractivity contribution is 5.76. The van der Waals surface area contributed by atoms with Crippen molar-refractivity contribution < 1.29 is 13.5 Å². The quantitative estimate of drug-likeness (QED) is 0.340. The van der Waals surface area contributed by atoms with E-state index in [9.17, 15) is 8.78 Å². The third-order valence-corrected chi connectivity index (χ3v) is 5.13. The fraction of sp³-hybridized carbons (Fsp3) is 0.318. The van der Waals surface area contributed by atoms with E-state index in [0.29, 0.717) is 18.5 Å². The second-order valence-corrected chi connectivity index (χ2v) is 7.58. The zero-order valence-electron chi connectivity index (χ0n) is 18.9. The molecular formula is C22H25F2N9O. The van der Waals surface area contributed by atoms with Crippen molar-refractivity contribution in [2.45, 2.75) is 26.3 Å². The van der Waals surface area contributed by atoms with E-state index in [1.165, 1.54) is 12.1 Å². The molecule has 0 radical (unpaired) electrons. The predicted molar refractivity (Wildman–Crippen MR) is 122 cm³/mol. The summed E-state index contributed by atoms with van der Waals surface area (Å²) in [7, 11) is 1.80. The van der Waals surface area contributed by atoms with Gasteiger partial charge in [-0.1, -0.05) is 6.92 Å². The number of hydrogen-bond acceptors (Lipinski definition) is 8. The third-order valence-electron chi connectivity index (χ3n) is 5.13. The molecule has 4 aromatic rings. The van der Waals surface area contributed by atoms with Gasteiger partial charge in [-0.3, -0.25) is 4.68 Å². The van der Waals surface area contributed by atoms with Crippen LogP contribution in [-0.2, 0) is 6.54 Å². The highest BCUT2D eigenvalue weighted by Crippen LogP contribution is 2.31. The lowest BCUT2D eigenvalue weighted by atomic mass is 10.1. The number of hydrogen-bond donors (Lipinski definition) is 2. The lowest BCUT2D eigenvalue weighted by molar-refractivity contribution is 0.289. The molecule has 3 heterocycles. The van der Waals surface area contributed by atoms with Gasteiger partial charge in [-0.05, 0) is 55.1 Å². The Morgan fingerprint density at radius 3 is 2.79 bits per heavy atom. The summed E-state index contributed by atoms with van der Waals surface area (Å²) in [6.07, 6.45) is 6.83. The van der Waals surface area contributed by atoms with E-state index < -0.39 is 11.6 Å². The van der Waals surface area contributed by atoms with Crippen LogP contribution in [0.15, 0.2) is 36.8 Å². The van der Waals surface area contributed by atoms with Crippen molar-refractivity contribution in [1.82, 2.24) is 40.3 Å². The van der Waals surface area contributed by atoms with Crippen LogP contribution in [0.2, 0.25) is 0 Å². The molecule has 0 aliphatic heterocycles. The average Bonchev–Trinajstić information content (AvgIpc) is 3.50. The highest BCUT2D eigenvalue weighted by Gasteiger charge is 2.22. The van der Waals surface area contributed by atoms with Gasteiger partial charge in [-0.2, -0.15) is 14.2 Å². The first kappa shape index (κ1) is 23.2. The molecule has 3 N–H and O–H groups in total. The van der Waals surface area contributed by atoms with Crippen molar-refractivity contribution in [3.63, 3.8) is 0 Å². The Morgan fingerprint density at radius 2 is 2.00 bits per heavy atom. The van der Waals surface area contributed by atoms with Gasteiger partial charge in [0, 0.05) is 30.1 Å². The molecule has 4 rings (SSSR count). The van der Waals surface area contributed by atoms with Gasteiger partial charge in [0.15, 0.2) is 17.4 Å². The Kier molecular flexibility index (Phi) is 7.07. The van der Waals surface area contributed by atoms with Crippen molar-refractivity contribution in [2.24, 2.45) is 0 Å². The molecular weight excluding hydrogens is 444 g/mol. The zero-order chi connectivity index (χ0) is 24.1. The normalized spacial score (nSPS) is 11.2. The number of anilines is 1. The van der Waals surface area contributed by atoms with Crippen molar-refractivity contribution in [3.05, 3.63) is 48.4 Å². The summed E-state index contributed by atoms with van der Waals surface area (Å²) < 4.78 is 37.9. The van der Waals surface area contributed by atoms with Crippen LogP contribution in [-0.4, -0.2) is 55.2 Å². The van der Waals surface area contributed by atoms with E-state index in [2.05, 4.69) is 37.8 Å². The number of nitrogen functional groups attached to an aromatic ring is 1. The Morgan fingerprint density at radius 1 is 1.15 bits per heavy atom. The number of nitrogens with zero attached hydrogens (tertiary/aromatic N) is 7. The molecule has 1 aromatic carbocycles. The fourth-order valence-electron chi connectivity index (χ4n) is 3.42. The first-order valence-electron chi connectivity index (χ1n) is 10.9. The van der Waals surface area contributed by atoms with Crippen LogP contribution in [0.5, 0.6) is 5.75 Å². The standard InChI is InChI=1S/C22H25F2N9O/c1-3-8-32-13-15(12-28-32)14-10-16(21(25)27-11-14)22-29-30-31-33(22)17-5-6-18(20(24)19(17)23)34-9-4-7-26-2/h5-6,10-13,26H,3-4,7-9H2,1-2H3,(H2,25,27). The highest BCUT2D eigenvalue weighted by atomic mass is 19.2. The number of benzene rings is 1. The molecule has 12 heteroatoms. The van der Waals surface area contributed by atoms with Crippen LogP contribution in [0.25, 0.3) is 28.2 Å². The maximum atomic E-state index is 15.0. The van der Waals surface area contributed by atoms with Crippen molar-refractivity contribution in [3.8, 4) is 34.0 Å². The molecule has 0 bridgehead atoms. The Labute approximate surface area is 194 Å². The number of halogens is 2. The first-order chi connectivity index (χ1) is 16.5. The Hall–Kier alpha value is -3.93. The molecule has 0 aliphatic rings. The summed E-state index contributed by atoms with van der Waals surface area (Å²) in [5.74, 6) is -2.17. The van der Waals surface area contributed by atoms with Crippen LogP contribution in [0.1, 0.15) is 19.8 Å². The van der Waals surface area contributed by atoms with Gasteiger partial charge in [0.25, 0.3) is 0 Å². The first-order valence-corrected chi connectivity index (χ1v) is 10.9. The maximum Gasteiger partial charge on any atom is 0.202 e. The summed E-state index contributed by atoms with van der Waals surface area (Å²) in [5.41, 5.74) is 7.86. The van der Waals surface area contributed by atoms with Crippen molar-refractivity contribution in [2.75, 3.05) is 25.9 Å². The van der Waals surface area contributed by atoms with Crippen LogP contribution in [0.4, 0.5) is 14.6 Å². The number of pyridine rings is 1. The Balaban J connectivity index is 1.67. The van der Waals surface area contributed by atoms with Crippen LogP contribution in [0, 0.1) is 11.6 Å². The van der Waals surface area contributed by atoms with E-state index >= 15 is 0 Å². The predicted octanol–water partition coefficient (Wildman–Crippen LogP) is 2.85. The van der Waals surface area contributed by atoms with Crippen molar-refractivity contribution >= 4 is 5.82 Å². The molecule has 0 saturated carbocycles. The van der Waals surface area contributed by atoms with Gasteiger partial charge in [0.05, 0.1) is 18.4 Å². The largest absolute Gasteiger partial charge is 0.490 e. The number of tetrazole rings is 1. The monoisotopic (exact) mass is 469 g/mol. The van der Waals surface area contributed by atoms with E-state index in [4.69, 9.17) is 10.5 Å². The molecule has 0 unspecified atom stereocenters. The molecule has 0 atom stereocenters. The van der Waals surface area contributed by atoms with Gasteiger partial charge < -0.3 is 15.8 Å². The minimum Gasteiger partial charge on any atom is -0.490 e. The molecule has 0 aliphatic carbocycles. The van der Waals surface area contributed by atoms with Gasteiger partial charge in [0.1, 0.15) is 11.5 Å². The minimum absolute atomic E-state index is 0.119. The van der Waals surface area contributed by atoms with Crippen molar-refractivity contribution in [1.29, 1.82) is 0 Å². The number of aromatic nitrogens is 7. The molecule has 10 nitrogen and oxygen atoms in total. The minimum atomic E-state index is -1.14. The van der Waals surface area contributed by atoms with Crippen LogP contribution >= 0.6 is 0 Å². The molecule has 34 heavy (non-hydrogen) atoms. The number of nitrogens with one attached hydrogen (secondary N) is 1. The van der Waals surface area contributed by atoms with Gasteiger partial charge >= 0.3 is 0 Å². The number of ether oxygens (including phenoxy) is 1. The lowest BCUT2D eigenvalue weighted by Crippen LogP contribution is -2.12. The summed E-state index contributed by atoms with van der Waals surface area (Å²) in [4.78, 5) is 4.24. The van der Waals surface area contributed by atoms with Crippen LogP contribution < -0.4 is 15.8 Å². The number of aryl methyl sites for hydroxylation is 1. The lowest BCUT2D eigenvalue weighted by Gasteiger charge is -2.12. The second kappa shape index (κ2) is 10.3. The average molecular weight is 470 g/mol. The smallest absolute Gasteiger partial charge is 0.202 e. The second-order valence-electron chi connectivity index (χ2n) is 7.58. The zero-order valence-corrected chi connectivity index (χ0v) is 18.9. The summed E-state index contributed by atoms with van der Waals surface area (Å²) >= 11 is 0. The molecule has 0 saturated heterocycles. The van der Waals surface area contributed by atoms with Crippen LogP contribution in [0.3, 0.4) is 0 Å². The summed E-state index contributed by atoms with van der Waals surface area (Å²) in [6, 6.07) is 4.44. The third kappa shape index (κ3) is 4.71. The molecule has 0 fully saturated rings. The maximum absolute atomic E-state index is 15.0. The number of rotatable bonds is 10. The van der Waals surface area contributed by atoms with E-state index in [1.807, 2.05) is 10.9 Å². The summed E-state index contributed by atoms with van der Waals surface area (Å²) in [6.45, 7) is 3.79. The van der Waals surface area contributed by atoms with Gasteiger partial charge in [-0.15, -0.1) is 5.10 Å². The van der Waals surface area contributed by atoms with E-state index in [-0.39, 0.29) is 29.7 Å². The van der Waals surface area contributed by atoms with Gasteiger partial charge in [0.2, 0.25) is 5.82 Å². The summed E-state index contributed by atoms with van der Waals surface area (Å²) in [5, 5.41) is 18.8. The molecule has 178 valence electrons.